The third kappa shape index (κ3) is 3.59. The number of anilines is 1. The van der Waals surface area contributed by atoms with Crippen molar-refractivity contribution in [2.24, 2.45) is 0 Å². The third-order valence-electron chi connectivity index (χ3n) is 2.46. The highest BCUT2D eigenvalue weighted by molar-refractivity contribution is 6.33. The van der Waals surface area contributed by atoms with Crippen molar-refractivity contribution in [2.45, 2.75) is 0 Å². The molecule has 0 atom stereocenters. The minimum atomic E-state index is -0.644. The fourth-order valence-corrected chi connectivity index (χ4v) is 1.99. The number of non-ortho nitro benzene ring substituents is 1. The number of amides is 1. The van der Waals surface area contributed by atoms with E-state index < -0.39 is 10.8 Å². The van der Waals surface area contributed by atoms with Crippen molar-refractivity contribution >= 4 is 40.5 Å². The Balaban J connectivity index is 2.31. The third-order valence-corrected chi connectivity index (χ3v) is 2.85. The van der Waals surface area contributed by atoms with Gasteiger partial charge in [0.05, 0.1) is 10.6 Å². The molecule has 1 aromatic heterocycles. The monoisotopic (exact) mass is 327 g/mol. The first-order valence-electron chi connectivity index (χ1n) is 5.48. The molecule has 1 aromatic carbocycles. The van der Waals surface area contributed by atoms with E-state index in [1.54, 1.807) is 0 Å². The second-order valence-corrected chi connectivity index (χ2v) is 4.69. The molecule has 7 nitrogen and oxygen atoms in total. The zero-order chi connectivity index (χ0) is 15.6. The summed E-state index contributed by atoms with van der Waals surface area (Å²) in [5.41, 5.74) is -0.266. The number of nitrogens with one attached hydrogen (secondary N) is 1. The van der Waals surface area contributed by atoms with Gasteiger partial charge in [-0.3, -0.25) is 14.9 Å². The number of rotatable bonds is 3. The van der Waals surface area contributed by atoms with Crippen LogP contribution in [0.25, 0.3) is 0 Å². The molecule has 1 amide bonds. The summed E-state index contributed by atoms with van der Waals surface area (Å²) in [5, 5.41) is 22.7. The molecule has 21 heavy (non-hydrogen) atoms. The molecule has 1 heterocycles. The number of benzene rings is 1. The molecule has 0 aliphatic heterocycles. The predicted molar refractivity (Wildman–Crippen MR) is 77.0 cm³/mol. The van der Waals surface area contributed by atoms with Crippen LogP contribution in [0, 0.1) is 10.1 Å². The number of phenols is 1. The zero-order valence-electron chi connectivity index (χ0n) is 10.2. The first-order valence-corrected chi connectivity index (χ1v) is 6.24. The van der Waals surface area contributed by atoms with Crippen molar-refractivity contribution in [3.05, 3.63) is 56.3 Å². The molecule has 0 aliphatic carbocycles. The Morgan fingerprint density at radius 2 is 1.86 bits per heavy atom. The molecule has 9 heteroatoms. The second kappa shape index (κ2) is 5.94. The van der Waals surface area contributed by atoms with Crippen LogP contribution in [0.3, 0.4) is 0 Å². The van der Waals surface area contributed by atoms with Gasteiger partial charge in [0.1, 0.15) is 16.1 Å². The van der Waals surface area contributed by atoms with Crippen LogP contribution < -0.4 is 5.32 Å². The number of hydrogen-bond donors (Lipinski definition) is 2. The molecule has 0 saturated heterocycles. The SMILES string of the molecule is O=C(Nc1cc([N+](=O)[O-])ccc1O)c1cc(Cl)nc(Cl)c1. The first kappa shape index (κ1) is 15.0. The Bertz CT molecular complexity index is 716. The van der Waals surface area contributed by atoms with Crippen molar-refractivity contribution < 1.29 is 14.8 Å². The van der Waals surface area contributed by atoms with Gasteiger partial charge in [0.2, 0.25) is 0 Å². The average molecular weight is 328 g/mol. The van der Waals surface area contributed by atoms with E-state index in [0.717, 1.165) is 18.2 Å². The van der Waals surface area contributed by atoms with Gasteiger partial charge in [-0.1, -0.05) is 23.2 Å². The molecule has 2 N–H and O–H groups in total. The average Bonchev–Trinajstić information content (AvgIpc) is 2.39. The summed E-state index contributed by atoms with van der Waals surface area (Å²) in [5.74, 6) is -0.947. The number of nitro groups is 1. The van der Waals surface area contributed by atoms with Gasteiger partial charge < -0.3 is 10.4 Å². The Morgan fingerprint density at radius 3 is 2.43 bits per heavy atom. The number of aromatic nitrogens is 1. The quantitative estimate of drug-likeness (QED) is 0.389. The Kier molecular flexibility index (Phi) is 4.25. The number of phenolic OH excluding ortho intramolecular Hbond substituents is 1. The van der Waals surface area contributed by atoms with Crippen molar-refractivity contribution in [1.29, 1.82) is 0 Å². The lowest BCUT2D eigenvalue weighted by Gasteiger charge is -2.07. The standard InChI is InChI=1S/C12H7Cl2N3O4/c13-10-3-6(4-11(14)16-10)12(19)15-8-5-7(17(20)21)1-2-9(8)18/h1-5,18H,(H,15,19). The van der Waals surface area contributed by atoms with Crippen molar-refractivity contribution in [2.75, 3.05) is 5.32 Å². The molecular formula is C12H7Cl2N3O4. The number of carbonyl (C=O) groups excluding carboxylic acids is 1. The molecule has 2 aromatic rings. The molecule has 108 valence electrons. The fraction of sp³-hybridized carbons (Fsp3) is 0. The lowest BCUT2D eigenvalue weighted by Crippen LogP contribution is -2.12. The Morgan fingerprint density at radius 1 is 1.24 bits per heavy atom. The molecule has 0 radical (unpaired) electrons. The maximum atomic E-state index is 12.0. The number of carbonyl (C=O) groups is 1. The highest BCUT2D eigenvalue weighted by atomic mass is 35.5. The first-order chi connectivity index (χ1) is 9.86. The molecule has 2 rings (SSSR count). The molecular weight excluding hydrogens is 321 g/mol. The summed E-state index contributed by atoms with van der Waals surface area (Å²) >= 11 is 11.4. The molecule has 0 saturated carbocycles. The minimum Gasteiger partial charge on any atom is -0.506 e. The van der Waals surface area contributed by atoms with E-state index in [0.29, 0.717) is 0 Å². The van der Waals surface area contributed by atoms with E-state index in [2.05, 4.69) is 10.3 Å². The van der Waals surface area contributed by atoms with E-state index in [1.807, 2.05) is 0 Å². The van der Waals surface area contributed by atoms with Gasteiger partial charge in [0.25, 0.3) is 11.6 Å². The van der Waals surface area contributed by atoms with Gasteiger partial charge in [0.15, 0.2) is 0 Å². The molecule has 0 bridgehead atoms. The van der Waals surface area contributed by atoms with Crippen LogP contribution in [0.1, 0.15) is 10.4 Å². The zero-order valence-corrected chi connectivity index (χ0v) is 11.7. The predicted octanol–water partition coefficient (Wildman–Crippen LogP) is 3.25. The van der Waals surface area contributed by atoms with E-state index in [4.69, 9.17) is 23.2 Å². The van der Waals surface area contributed by atoms with Crippen LogP contribution in [0.4, 0.5) is 11.4 Å². The highest BCUT2D eigenvalue weighted by Gasteiger charge is 2.14. The number of hydrogen-bond acceptors (Lipinski definition) is 5. The second-order valence-electron chi connectivity index (χ2n) is 3.91. The number of nitro benzene ring substituents is 1. The fourth-order valence-electron chi connectivity index (χ4n) is 1.53. The van der Waals surface area contributed by atoms with Gasteiger partial charge in [0, 0.05) is 17.7 Å². The maximum absolute atomic E-state index is 12.0. The van der Waals surface area contributed by atoms with Crippen LogP contribution in [-0.4, -0.2) is 20.9 Å². The Hall–Kier alpha value is -2.38. The Labute approximate surface area is 128 Å². The summed E-state index contributed by atoms with van der Waals surface area (Å²) < 4.78 is 0. The number of halogens is 2. The normalized spacial score (nSPS) is 10.2. The van der Waals surface area contributed by atoms with E-state index in [-0.39, 0.29) is 33.0 Å². The van der Waals surface area contributed by atoms with E-state index in [9.17, 15) is 20.0 Å². The van der Waals surface area contributed by atoms with Gasteiger partial charge in [-0.25, -0.2) is 4.98 Å². The van der Waals surface area contributed by atoms with Crippen molar-refractivity contribution in [3.63, 3.8) is 0 Å². The van der Waals surface area contributed by atoms with E-state index in [1.165, 1.54) is 12.1 Å². The van der Waals surface area contributed by atoms with Crippen LogP contribution in [0.5, 0.6) is 5.75 Å². The van der Waals surface area contributed by atoms with Crippen LogP contribution in [0.15, 0.2) is 30.3 Å². The maximum Gasteiger partial charge on any atom is 0.271 e. The molecule has 0 fully saturated rings. The lowest BCUT2D eigenvalue weighted by molar-refractivity contribution is -0.384. The summed E-state index contributed by atoms with van der Waals surface area (Å²) in [6.07, 6.45) is 0. The molecule has 0 spiro atoms. The summed E-state index contributed by atoms with van der Waals surface area (Å²) in [4.78, 5) is 25.7. The van der Waals surface area contributed by atoms with Gasteiger partial charge in [-0.05, 0) is 18.2 Å². The summed E-state index contributed by atoms with van der Waals surface area (Å²) in [6, 6.07) is 5.82. The molecule has 0 aliphatic rings. The lowest BCUT2D eigenvalue weighted by atomic mass is 10.2. The largest absolute Gasteiger partial charge is 0.506 e. The smallest absolute Gasteiger partial charge is 0.271 e. The van der Waals surface area contributed by atoms with Gasteiger partial charge in [-0.2, -0.15) is 0 Å². The van der Waals surface area contributed by atoms with Gasteiger partial charge >= 0.3 is 0 Å². The number of aromatic hydroxyl groups is 1. The topological polar surface area (TPSA) is 105 Å². The summed E-state index contributed by atoms with van der Waals surface area (Å²) in [7, 11) is 0. The molecule has 0 unspecified atom stereocenters. The van der Waals surface area contributed by atoms with Crippen LogP contribution in [0.2, 0.25) is 10.3 Å². The van der Waals surface area contributed by atoms with Crippen LogP contribution >= 0.6 is 23.2 Å². The number of nitrogens with zero attached hydrogens (tertiary/aromatic N) is 2. The van der Waals surface area contributed by atoms with Crippen molar-refractivity contribution in [3.8, 4) is 5.75 Å². The van der Waals surface area contributed by atoms with Gasteiger partial charge in [-0.15, -0.1) is 0 Å². The minimum absolute atomic E-state index is 0.0240. The van der Waals surface area contributed by atoms with Crippen molar-refractivity contribution in [1.82, 2.24) is 4.98 Å². The van der Waals surface area contributed by atoms with E-state index >= 15 is 0 Å². The van der Waals surface area contributed by atoms with Crippen LogP contribution in [-0.2, 0) is 0 Å². The highest BCUT2D eigenvalue weighted by Crippen LogP contribution is 2.28. The number of pyridine rings is 1. The summed E-state index contributed by atoms with van der Waals surface area (Å²) in [6.45, 7) is 0.